The number of benzene rings is 3. The Labute approximate surface area is 147 Å². The highest BCUT2D eigenvalue weighted by molar-refractivity contribution is 5.58. The summed E-state index contributed by atoms with van der Waals surface area (Å²) in [6.45, 7) is 4.06. The van der Waals surface area contributed by atoms with Crippen LogP contribution in [0.1, 0.15) is 40.7 Å². The molecule has 3 aromatic carbocycles. The molecule has 0 saturated carbocycles. The Bertz CT molecular complexity index is 822. The van der Waals surface area contributed by atoms with Crippen molar-refractivity contribution in [2.45, 2.75) is 26.2 Å². The summed E-state index contributed by atoms with van der Waals surface area (Å²) in [4.78, 5) is 0. The van der Waals surface area contributed by atoms with E-state index in [9.17, 15) is 8.78 Å². The Balaban J connectivity index is 2.19. The van der Waals surface area contributed by atoms with Crippen LogP contribution < -0.4 is 5.73 Å². The van der Waals surface area contributed by atoms with E-state index in [1.807, 2.05) is 6.92 Å². The summed E-state index contributed by atoms with van der Waals surface area (Å²) >= 11 is 0. The van der Waals surface area contributed by atoms with Crippen LogP contribution in [0.25, 0.3) is 0 Å². The molecule has 0 bridgehead atoms. The van der Waals surface area contributed by atoms with Crippen LogP contribution >= 0.6 is 0 Å². The summed E-state index contributed by atoms with van der Waals surface area (Å²) < 4.78 is 26.8. The predicted molar refractivity (Wildman–Crippen MR) is 98.7 cm³/mol. The molecule has 0 aromatic heterocycles. The molecule has 0 radical (unpaired) electrons. The number of aryl methyl sites for hydroxylation is 2. The van der Waals surface area contributed by atoms with Gasteiger partial charge < -0.3 is 5.73 Å². The normalized spacial score (nSPS) is 11.1. The topological polar surface area (TPSA) is 26.0 Å². The Hall–Kier alpha value is -2.68. The molecule has 0 atom stereocenters. The third-order valence-electron chi connectivity index (χ3n) is 4.62. The maximum Gasteiger partial charge on any atom is 0.123 e. The molecule has 0 heterocycles. The zero-order valence-electron chi connectivity index (χ0n) is 14.4. The molecule has 0 fully saturated rings. The van der Waals surface area contributed by atoms with Crippen LogP contribution in [0.15, 0.2) is 60.7 Å². The Morgan fingerprint density at radius 3 is 1.72 bits per heavy atom. The van der Waals surface area contributed by atoms with Crippen LogP contribution in [0.2, 0.25) is 0 Å². The van der Waals surface area contributed by atoms with Crippen molar-refractivity contribution in [3.05, 3.63) is 100 Å². The lowest BCUT2D eigenvalue weighted by molar-refractivity contribution is 0.626. The van der Waals surface area contributed by atoms with Gasteiger partial charge in [-0.15, -0.1) is 0 Å². The van der Waals surface area contributed by atoms with Gasteiger partial charge in [0.1, 0.15) is 11.6 Å². The zero-order chi connectivity index (χ0) is 18.0. The van der Waals surface area contributed by atoms with Gasteiger partial charge in [0.2, 0.25) is 0 Å². The minimum absolute atomic E-state index is 0.106. The van der Waals surface area contributed by atoms with Crippen LogP contribution in [0, 0.1) is 18.6 Å². The summed E-state index contributed by atoms with van der Waals surface area (Å²) in [5.41, 5.74) is 12.1. The fourth-order valence-electron chi connectivity index (χ4n) is 3.25. The molecule has 3 aromatic rings. The van der Waals surface area contributed by atoms with Gasteiger partial charge >= 0.3 is 0 Å². The van der Waals surface area contributed by atoms with Gasteiger partial charge in [-0.3, -0.25) is 0 Å². The Kier molecular flexibility index (Phi) is 4.84. The van der Waals surface area contributed by atoms with Crippen molar-refractivity contribution in [2.75, 3.05) is 5.73 Å². The van der Waals surface area contributed by atoms with E-state index in [2.05, 4.69) is 19.1 Å². The zero-order valence-corrected chi connectivity index (χ0v) is 14.4. The fourth-order valence-corrected chi connectivity index (χ4v) is 3.25. The number of halogens is 2. The average Bonchev–Trinajstić information content (AvgIpc) is 2.61. The van der Waals surface area contributed by atoms with Gasteiger partial charge in [0.15, 0.2) is 0 Å². The van der Waals surface area contributed by atoms with Crippen LogP contribution in [0.4, 0.5) is 14.5 Å². The lowest BCUT2D eigenvalue weighted by Crippen LogP contribution is -2.07. The monoisotopic (exact) mass is 337 g/mol. The van der Waals surface area contributed by atoms with E-state index >= 15 is 0 Å². The molecule has 25 heavy (non-hydrogen) atoms. The number of nitrogen functional groups attached to an aromatic ring is 1. The van der Waals surface area contributed by atoms with Gasteiger partial charge in [0.05, 0.1) is 0 Å². The molecule has 0 aliphatic carbocycles. The highest BCUT2D eigenvalue weighted by atomic mass is 19.1. The average molecular weight is 337 g/mol. The first-order valence-electron chi connectivity index (χ1n) is 8.39. The van der Waals surface area contributed by atoms with E-state index in [1.54, 1.807) is 24.3 Å². The first kappa shape index (κ1) is 17.2. The van der Waals surface area contributed by atoms with Gasteiger partial charge in [-0.1, -0.05) is 43.3 Å². The van der Waals surface area contributed by atoms with E-state index < -0.39 is 0 Å². The molecule has 0 aliphatic rings. The first-order chi connectivity index (χ1) is 12.0. The second-order valence-corrected chi connectivity index (χ2v) is 6.30. The third kappa shape index (κ3) is 3.55. The lowest BCUT2D eigenvalue weighted by atomic mass is 9.83. The predicted octanol–water partition coefficient (Wildman–Crippen LogP) is 5.60. The summed E-state index contributed by atoms with van der Waals surface area (Å²) in [5, 5.41) is 0. The Morgan fingerprint density at radius 1 is 0.800 bits per heavy atom. The van der Waals surface area contributed by atoms with Crippen LogP contribution in [-0.2, 0) is 6.42 Å². The second kappa shape index (κ2) is 7.06. The SMILES string of the molecule is CCc1cc(C(c2ccc(F)cc2)c2ccc(F)cc2)cc(C)c1N. The molecule has 0 unspecified atom stereocenters. The third-order valence-corrected chi connectivity index (χ3v) is 4.62. The van der Waals surface area contributed by atoms with Crippen molar-refractivity contribution in [1.29, 1.82) is 0 Å². The standard InChI is InChI=1S/C22H21F2N/c1-3-15-13-18(12-14(2)22(15)25)21(16-4-8-19(23)9-5-16)17-6-10-20(24)11-7-17/h4-13,21H,3,25H2,1-2H3. The van der Waals surface area contributed by atoms with E-state index in [1.165, 1.54) is 24.3 Å². The number of nitrogens with two attached hydrogens (primary N) is 1. The van der Waals surface area contributed by atoms with Gasteiger partial charge in [-0.25, -0.2) is 8.78 Å². The van der Waals surface area contributed by atoms with Crippen molar-refractivity contribution >= 4 is 5.69 Å². The van der Waals surface area contributed by atoms with E-state index in [-0.39, 0.29) is 17.6 Å². The molecule has 0 aliphatic heterocycles. The van der Waals surface area contributed by atoms with E-state index in [0.29, 0.717) is 0 Å². The Morgan fingerprint density at radius 2 is 1.28 bits per heavy atom. The summed E-state index contributed by atoms with van der Waals surface area (Å²) in [6.07, 6.45) is 0.833. The fraction of sp³-hybridized carbons (Fsp3) is 0.182. The smallest absolute Gasteiger partial charge is 0.123 e. The molecule has 128 valence electrons. The maximum atomic E-state index is 13.4. The minimum Gasteiger partial charge on any atom is -0.398 e. The van der Waals surface area contributed by atoms with Crippen molar-refractivity contribution in [2.24, 2.45) is 0 Å². The highest BCUT2D eigenvalue weighted by Gasteiger charge is 2.19. The van der Waals surface area contributed by atoms with Gasteiger partial charge in [0.25, 0.3) is 0 Å². The number of hydrogen-bond donors (Lipinski definition) is 1. The van der Waals surface area contributed by atoms with E-state index in [0.717, 1.165) is 39.9 Å². The molecular formula is C22H21F2N. The summed E-state index contributed by atoms with van der Waals surface area (Å²) in [6, 6.07) is 17.1. The number of anilines is 1. The summed E-state index contributed by atoms with van der Waals surface area (Å²) in [5.74, 6) is -0.653. The van der Waals surface area contributed by atoms with Crippen molar-refractivity contribution in [3.63, 3.8) is 0 Å². The van der Waals surface area contributed by atoms with Crippen molar-refractivity contribution < 1.29 is 8.78 Å². The van der Waals surface area contributed by atoms with Crippen molar-refractivity contribution in [3.8, 4) is 0 Å². The number of hydrogen-bond acceptors (Lipinski definition) is 1. The van der Waals surface area contributed by atoms with Crippen LogP contribution in [0.5, 0.6) is 0 Å². The highest BCUT2D eigenvalue weighted by Crippen LogP contribution is 2.35. The van der Waals surface area contributed by atoms with Gasteiger partial charge in [0, 0.05) is 11.6 Å². The lowest BCUT2D eigenvalue weighted by Gasteiger charge is -2.21. The molecular weight excluding hydrogens is 316 g/mol. The summed E-state index contributed by atoms with van der Waals surface area (Å²) in [7, 11) is 0. The van der Waals surface area contributed by atoms with Crippen LogP contribution in [0.3, 0.4) is 0 Å². The molecule has 3 heteroatoms. The van der Waals surface area contributed by atoms with Gasteiger partial charge in [-0.2, -0.15) is 0 Å². The quantitative estimate of drug-likeness (QED) is 0.487. The van der Waals surface area contributed by atoms with E-state index in [4.69, 9.17) is 5.73 Å². The molecule has 0 saturated heterocycles. The molecule has 3 rings (SSSR count). The largest absolute Gasteiger partial charge is 0.398 e. The molecule has 0 spiro atoms. The minimum atomic E-state index is -0.274. The molecule has 1 nitrogen and oxygen atoms in total. The number of rotatable bonds is 4. The second-order valence-electron chi connectivity index (χ2n) is 6.30. The van der Waals surface area contributed by atoms with Crippen molar-refractivity contribution in [1.82, 2.24) is 0 Å². The van der Waals surface area contributed by atoms with Gasteiger partial charge in [-0.05, 0) is 65.4 Å². The van der Waals surface area contributed by atoms with Crippen LogP contribution in [-0.4, -0.2) is 0 Å². The first-order valence-corrected chi connectivity index (χ1v) is 8.39. The maximum absolute atomic E-state index is 13.4. The molecule has 0 amide bonds. The molecule has 2 N–H and O–H groups in total.